The molecule has 0 radical (unpaired) electrons. The lowest BCUT2D eigenvalue weighted by molar-refractivity contribution is -0.0498. The molecule has 1 heterocycles. The molecule has 1 aromatic carbocycles. The van der Waals surface area contributed by atoms with Crippen molar-refractivity contribution in [2.45, 2.75) is 19.1 Å². The summed E-state index contributed by atoms with van der Waals surface area (Å²) in [4.78, 5) is 4.16. The van der Waals surface area contributed by atoms with Crippen molar-refractivity contribution in [2.24, 2.45) is 10.7 Å². The molecule has 0 bridgehead atoms. The second-order valence-electron chi connectivity index (χ2n) is 3.92. The third kappa shape index (κ3) is 2.46. The first-order valence-electron chi connectivity index (χ1n) is 5.03. The predicted octanol–water partition coefficient (Wildman–Crippen LogP) is 1.85. The molecule has 1 atom stereocenters. The molecule has 1 aliphatic rings. The zero-order valence-electron chi connectivity index (χ0n) is 9.19. The predicted molar refractivity (Wildman–Crippen MR) is 58.0 cm³/mol. The van der Waals surface area contributed by atoms with Gasteiger partial charge in [-0.15, -0.1) is 0 Å². The number of alkyl halides is 2. The van der Waals surface area contributed by atoms with Crippen LogP contribution < -0.4 is 10.5 Å². The molecule has 6 heteroatoms. The van der Waals surface area contributed by atoms with Crippen molar-refractivity contribution in [2.75, 3.05) is 6.61 Å². The number of nitrogens with zero attached hydrogens (tertiary/aromatic N) is 1. The number of hydrogen-bond donors (Lipinski definition) is 1. The zero-order valence-corrected chi connectivity index (χ0v) is 9.19. The molecule has 0 aromatic heterocycles. The number of hydrogen-bond acceptors (Lipinski definition) is 4. The molecular weight excluding hydrogens is 230 g/mol. The van der Waals surface area contributed by atoms with E-state index in [4.69, 9.17) is 10.5 Å². The third-order valence-corrected chi connectivity index (χ3v) is 2.56. The van der Waals surface area contributed by atoms with Gasteiger partial charge in [0, 0.05) is 0 Å². The highest BCUT2D eigenvalue weighted by atomic mass is 19.3. The van der Waals surface area contributed by atoms with E-state index in [9.17, 15) is 8.78 Å². The monoisotopic (exact) mass is 242 g/mol. The standard InChI is InChI=1S/C11H12F2N2O2/c1-11(6-16-10(14)15-11)7-2-4-8(5-3-7)17-9(12)13/h2-5,9H,6H2,1H3,(H2,14,15). The van der Waals surface area contributed by atoms with Crippen molar-refractivity contribution in [3.05, 3.63) is 29.8 Å². The zero-order chi connectivity index (χ0) is 12.5. The van der Waals surface area contributed by atoms with Gasteiger partial charge < -0.3 is 15.2 Å². The topological polar surface area (TPSA) is 56.8 Å². The van der Waals surface area contributed by atoms with Crippen LogP contribution in [0.25, 0.3) is 0 Å². The minimum absolute atomic E-state index is 0.114. The van der Waals surface area contributed by atoms with Gasteiger partial charge in [0.25, 0.3) is 6.02 Å². The van der Waals surface area contributed by atoms with Gasteiger partial charge in [0.1, 0.15) is 17.9 Å². The summed E-state index contributed by atoms with van der Waals surface area (Å²) in [5.41, 5.74) is 5.72. The summed E-state index contributed by atoms with van der Waals surface area (Å²) in [6.07, 6.45) is 0. The van der Waals surface area contributed by atoms with Gasteiger partial charge in [0.15, 0.2) is 0 Å². The molecule has 0 fully saturated rings. The lowest BCUT2D eigenvalue weighted by atomic mass is 9.94. The number of aliphatic imine (C=N–C) groups is 1. The first-order valence-corrected chi connectivity index (χ1v) is 5.03. The Hall–Kier alpha value is -1.85. The Balaban J connectivity index is 2.18. The number of amidine groups is 1. The van der Waals surface area contributed by atoms with Gasteiger partial charge in [-0.3, -0.25) is 0 Å². The first-order chi connectivity index (χ1) is 7.99. The highest BCUT2D eigenvalue weighted by Gasteiger charge is 2.32. The Kier molecular flexibility index (Phi) is 2.87. The van der Waals surface area contributed by atoms with E-state index in [1.807, 2.05) is 6.92 Å². The SMILES string of the molecule is CC1(c2ccc(OC(F)F)cc2)COC(N)=N1. The maximum Gasteiger partial charge on any atom is 0.387 e. The summed E-state index contributed by atoms with van der Waals surface area (Å²) in [7, 11) is 0. The fraction of sp³-hybridized carbons (Fsp3) is 0.364. The van der Waals surface area contributed by atoms with Crippen molar-refractivity contribution in [1.82, 2.24) is 0 Å². The summed E-state index contributed by atoms with van der Waals surface area (Å²) < 4.78 is 33.3. The molecule has 0 amide bonds. The Morgan fingerprint density at radius 2 is 2.06 bits per heavy atom. The van der Waals surface area contributed by atoms with Gasteiger partial charge >= 0.3 is 6.61 Å². The van der Waals surface area contributed by atoms with Gasteiger partial charge in [-0.1, -0.05) is 12.1 Å². The summed E-state index contributed by atoms with van der Waals surface area (Å²) >= 11 is 0. The van der Waals surface area contributed by atoms with Gasteiger partial charge in [0.05, 0.1) is 0 Å². The lowest BCUT2D eigenvalue weighted by Crippen LogP contribution is -2.20. The normalized spacial score (nSPS) is 23.4. The molecule has 1 unspecified atom stereocenters. The summed E-state index contributed by atoms with van der Waals surface area (Å²) in [5.74, 6) is 0.114. The minimum Gasteiger partial charge on any atom is -0.462 e. The number of halogens is 2. The highest BCUT2D eigenvalue weighted by Crippen LogP contribution is 2.30. The van der Waals surface area contributed by atoms with E-state index in [0.29, 0.717) is 6.61 Å². The maximum absolute atomic E-state index is 12.0. The van der Waals surface area contributed by atoms with Crippen LogP contribution in [0.3, 0.4) is 0 Å². The van der Waals surface area contributed by atoms with Crippen LogP contribution in [-0.4, -0.2) is 19.2 Å². The smallest absolute Gasteiger partial charge is 0.387 e. The molecule has 0 spiro atoms. The quantitative estimate of drug-likeness (QED) is 0.880. The average molecular weight is 242 g/mol. The van der Waals surface area contributed by atoms with Crippen LogP contribution in [-0.2, 0) is 10.3 Å². The summed E-state index contributed by atoms with van der Waals surface area (Å²) in [5, 5.41) is 0. The summed E-state index contributed by atoms with van der Waals surface area (Å²) in [6.45, 7) is -0.621. The molecule has 4 nitrogen and oxygen atoms in total. The van der Waals surface area contributed by atoms with E-state index >= 15 is 0 Å². The first kappa shape index (κ1) is 11.6. The van der Waals surface area contributed by atoms with Gasteiger partial charge in [-0.2, -0.15) is 8.78 Å². The largest absolute Gasteiger partial charge is 0.462 e. The van der Waals surface area contributed by atoms with Crippen molar-refractivity contribution < 1.29 is 18.3 Å². The van der Waals surface area contributed by atoms with E-state index in [2.05, 4.69) is 9.73 Å². The Morgan fingerprint density at radius 3 is 2.53 bits per heavy atom. The van der Waals surface area contributed by atoms with Gasteiger partial charge in [-0.05, 0) is 24.6 Å². The van der Waals surface area contributed by atoms with Crippen LogP contribution in [0.4, 0.5) is 8.78 Å². The number of rotatable bonds is 3. The fourth-order valence-electron chi connectivity index (χ4n) is 1.67. The van der Waals surface area contributed by atoms with Crippen molar-refractivity contribution in [1.29, 1.82) is 0 Å². The molecule has 17 heavy (non-hydrogen) atoms. The van der Waals surface area contributed by atoms with E-state index in [0.717, 1.165) is 5.56 Å². The summed E-state index contributed by atoms with van der Waals surface area (Å²) in [6, 6.07) is 6.42. The molecule has 2 N–H and O–H groups in total. The van der Waals surface area contributed by atoms with Gasteiger partial charge in [0.2, 0.25) is 0 Å². The van der Waals surface area contributed by atoms with E-state index in [-0.39, 0.29) is 11.8 Å². The van der Waals surface area contributed by atoms with E-state index < -0.39 is 12.2 Å². The van der Waals surface area contributed by atoms with Crippen LogP contribution in [0.1, 0.15) is 12.5 Å². The maximum atomic E-state index is 12.0. The molecule has 2 rings (SSSR count). The molecule has 0 aliphatic carbocycles. The van der Waals surface area contributed by atoms with Crippen LogP contribution in [0.5, 0.6) is 5.75 Å². The molecule has 1 aromatic rings. The lowest BCUT2D eigenvalue weighted by Gasteiger charge is -2.18. The second-order valence-corrected chi connectivity index (χ2v) is 3.92. The Labute approximate surface area is 97.0 Å². The molecule has 0 saturated carbocycles. The highest BCUT2D eigenvalue weighted by molar-refractivity contribution is 5.74. The van der Waals surface area contributed by atoms with Crippen molar-refractivity contribution in [3.8, 4) is 5.75 Å². The van der Waals surface area contributed by atoms with E-state index in [1.54, 1.807) is 12.1 Å². The minimum atomic E-state index is -2.82. The molecular formula is C11H12F2N2O2. The number of nitrogens with two attached hydrogens (primary N) is 1. The fourth-order valence-corrected chi connectivity index (χ4v) is 1.67. The average Bonchev–Trinajstić information content (AvgIpc) is 2.60. The third-order valence-electron chi connectivity index (χ3n) is 2.56. The Morgan fingerprint density at radius 1 is 1.41 bits per heavy atom. The van der Waals surface area contributed by atoms with Crippen LogP contribution >= 0.6 is 0 Å². The molecule has 1 aliphatic heterocycles. The van der Waals surface area contributed by atoms with Crippen molar-refractivity contribution >= 4 is 6.02 Å². The molecule has 0 saturated heterocycles. The number of ether oxygens (including phenoxy) is 2. The van der Waals surface area contributed by atoms with Crippen LogP contribution in [0.2, 0.25) is 0 Å². The van der Waals surface area contributed by atoms with E-state index in [1.165, 1.54) is 12.1 Å². The van der Waals surface area contributed by atoms with Crippen LogP contribution in [0, 0.1) is 0 Å². The van der Waals surface area contributed by atoms with Gasteiger partial charge in [-0.25, -0.2) is 4.99 Å². The second kappa shape index (κ2) is 4.20. The Bertz CT molecular complexity index is 434. The van der Waals surface area contributed by atoms with Crippen LogP contribution in [0.15, 0.2) is 29.3 Å². The number of benzene rings is 1. The van der Waals surface area contributed by atoms with Crippen molar-refractivity contribution in [3.63, 3.8) is 0 Å². The molecule has 92 valence electrons.